The zero-order chi connectivity index (χ0) is 11.1. The molecular weight excluding hydrogens is 186 g/mol. The van der Waals surface area contributed by atoms with Gasteiger partial charge in [0.25, 0.3) is 0 Å². The molecule has 0 aliphatic rings. The van der Waals surface area contributed by atoms with E-state index < -0.39 is 0 Å². The van der Waals surface area contributed by atoms with Crippen molar-refractivity contribution < 1.29 is 4.74 Å². The average molecular weight is 203 g/mol. The lowest BCUT2D eigenvalue weighted by molar-refractivity contribution is 0.411. The summed E-state index contributed by atoms with van der Waals surface area (Å²) in [6.45, 7) is 2.72. The molecule has 1 aromatic rings. The summed E-state index contributed by atoms with van der Waals surface area (Å²) in [7, 11) is 1.68. The molecule has 15 heavy (non-hydrogen) atoms. The molecule has 80 valence electrons. The van der Waals surface area contributed by atoms with Crippen molar-refractivity contribution in [2.45, 2.75) is 19.8 Å². The number of hydrogen-bond acceptors (Lipinski definition) is 2. The highest BCUT2D eigenvalue weighted by Gasteiger charge is 1.96. The second-order valence-electron chi connectivity index (χ2n) is 3.38. The fraction of sp³-hybridized carbons (Fsp3) is 0.385. The second kappa shape index (κ2) is 6.10. The average Bonchev–Trinajstić information content (AvgIpc) is 2.25. The molecule has 2 nitrogen and oxygen atoms in total. The van der Waals surface area contributed by atoms with Crippen molar-refractivity contribution in [3.05, 3.63) is 29.3 Å². The second-order valence-corrected chi connectivity index (χ2v) is 3.38. The van der Waals surface area contributed by atoms with Crippen LogP contribution in [-0.2, 0) is 0 Å². The molecule has 0 radical (unpaired) electrons. The van der Waals surface area contributed by atoms with Gasteiger partial charge in [-0.2, -0.15) is 0 Å². The highest BCUT2D eigenvalue weighted by Crippen LogP contribution is 2.17. The first-order valence-electron chi connectivity index (χ1n) is 5.11. The number of ether oxygens (including phenoxy) is 1. The molecule has 0 fully saturated rings. The van der Waals surface area contributed by atoms with Crippen molar-refractivity contribution in [2.75, 3.05) is 13.7 Å². The van der Waals surface area contributed by atoms with Crippen molar-refractivity contribution in [1.82, 2.24) is 0 Å². The molecule has 0 aromatic heterocycles. The number of rotatable bonds is 3. The summed E-state index contributed by atoms with van der Waals surface area (Å²) < 4.78 is 5.18. The van der Waals surface area contributed by atoms with Gasteiger partial charge in [-0.15, -0.1) is 0 Å². The lowest BCUT2D eigenvalue weighted by Crippen LogP contribution is -1.96. The molecule has 0 aliphatic heterocycles. The number of unbranched alkanes of at least 4 members (excludes halogenated alkanes) is 1. The monoisotopic (exact) mass is 203 g/mol. The molecule has 1 rings (SSSR count). The Hall–Kier alpha value is -1.46. The van der Waals surface area contributed by atoms with Gasteiger partial charge in [0.15, 0.2) is 0 Å². The fourth-order valence-corrected chi connectivity index (χ4v) is 1.31. The summed E-state index contributed by atoms with van der Waals surface area (Å²) in [5.41, 5.74) is 7.53. The van der Waals surface area contributed by atoms with Gasteiger partial charge in [-0.05, 0) is 43.7 Å². The van der Waals surface area contributed by atoms with Crippen LogP contribution in [0.2, 0.25) is 0 Å². The van der Waals surface area contributed by atoms with Crippen molar-refractivity contribution in [3.8, 4) is 17.6 Å². The van der Waals surface area contributed by atoms with E-state index in [0.29, 0.717) is 6.54 Å². The third-order valence-corrected chi connectivity index (χ3v) is 2.13. The van der Waals surface area contributed by atoms with Crippen molar-refractivity contribution in [1.29, 1.82) is 0 Å². The number of benzene rings is 1. The molecule has 2 N–H and O–H groups in total. The topological polar surface area (TPSA) is 35.2 Å². The molecule has 0 amide bonds. The number of methoxy groups -OCH3 is 1. The predicted octanol–water partition coefficient (Wildman–Crippen LogP) is 2.09. The van der Waals surface area contributed by atoms with Gasteiger partial charge in [-0.25, -0.2) is 0 Å². The number of hydrogen-bond donors (Lipinski definition) is 1. The van der Waals surface area contributed by atoms with Crippen LogP contribution >= 0.6 is 0 Å². The van der Waals surface area contributed by atoms with E-state index in [4.69, 9.17) is 10.5 Å². The first-order chi connectivity index (χ1) is 7.27. The first-order valence-corrected chi connectivity index (χ1v) is 5.11. The van der Waals surface area contributed by atoms with Gasteiger partial charge < -0.3 is 10.5 Å². The Kier molecular flexibility index (Phi) is 4.73. The standard InChI is InChI=1S/C13H17NO/c1-11-10-12(6-4-3-5-9-14)7-8-13(11)15-2/h7-8,10H,3,5,9,14H2,1-2H3. The molecule has 0 aliphatic carbocycles. The van der Waals surface area contributed by atoms with Crippen molar-refractivity contribution >= 4 is 0 Å². The van der Waals surface area contributed by atoms with Crippen LogP contribution in [0.4, 0.5) is 0 Å². The van der Waals surface area contributed by atoms with Gasteiger partial charge in [0.1, 0.15) is 5.75 Å². The van der Waals surface area contributed by atoms with Crippen LogP contribution in [0, 0.1) is 18.8 Å². The SMILES string of the molecule is COc1ccc(C#CCCCN)cc1C. The van der Waals surface area contributed by atoms with Crippen LogP contribution in [0.1, 0.15) is 24.0 Å². The quantitative estimate of drug-likeness (QED) is 0.603. The summed E-state index contributed by atoms with van der Waals surface area (Å²) in [4.78, 5) is 0. The van der Waals surface area contributed by atoms with Crippen LogP contribution < -0.4 is 10.5 Å². The molecule has 0 spiro atoms. The fourth-order valence-electron chi connectivity index (χ4n) is 1.31. The predicted molar refractivity (Wildman–Crippen MR) is 62.9 cm³/mol. The Morgan fingerprint density at radius 1 is 1.40 bits per heavy atom. The van der Waals surface area contributed by atoms with Gasteiger partial charge in [0, 0.05) is 12.0 Å². The summed E-state index contributed by atoms with van der Waals surface area (Å²) >= 11 is 0. The van der Waals surface area contributed by atoms with E-state index in [2.05, 4.69) is 11.8 Å². The Morgan fingerprint density at radius 2 is 2.20 bits per heavy atom. The van der Waals surface area contributed by atoms with Gasteiger partial charge >= 0.3 is 0 Å². The van der Waals surface area contributed by atoms with E-state index in [1.165, 1.54) is 0 Å². The molecule has 0 saturated carbocycles. The molecule has 0 heterocycles. The highest BCUT2D eigenvalue weighted by atomic mass is 16.5. The lowest BCUT2D eigenvalue weighted by atomic mass is 10.1. The van der Waals surface area contributed by atoms with Crippen LogP contribution in [0.25, 0.3) is 0 Å². The Bertz CT molecular complexity index is 374. The Labute approximate surface area is 91.4 Å². The normalized spacial score (nSPS) is 9.27. The number of nitrogens with two attached hydrogens (primary N) is 1. The van der Waals surface area contributed by atoms with Gasteiger partial charge in [0.05, 0.1) is 7.11 Å². The first kappa shape index (κ1) is 11.6. The zero-order valence-electron chi connectivity index (χ0n) is 9.34. The summed E-state index contributed by atoms with van der Waals surface area (Å²) in [6, 6.07) is 5.96. The maximum absolute atomic E-state index is 5.39. The van der Waals surface area contributed by atoms with Gasteiger partial charge in [-0.1, -0.05) is 11.8 Å². The minimum absolute atomic E-state index is 0.705. The summed E-state index contributed by atoms with van der Waals surface area (Å²) in [5, 5.41) is 0. The minimum atomic E-state index is 0.705. The van der Waals surface area contributed by atoms with Crippen LogP contribution in [0.15, 0.2) is 18.2 Å². The third-order valence-electron chi connectivity index (χ3n) is 2.13. The van der Waals surface area contributed by atoms with Gasteiger partial charge in [0.2, 0.25) is 0 Å². The Morgan fingerprint density at radius 3 is 2.80 bits per heavy atom. The van der Waals surface area contributed by atoms with Crippen molar-refractivity contribution in [2.24, 2.45) is 5.73 Å². The molecule has 0 bridgehead atoms. The molecule has 0 unspecified atom stereocenters. The van der Waals surface area contributed by atoms with E-state index >= 15 is 0 Å². The van der Waals surface area contributed by atoms with E-state index in [9.17, 15) is 0 Å². The molecular formula is C13H17NO. The lowest BCUT2D eigenvalue weighted by Gasteiger charge is -2.03. The third kappa shape index (κ3) is 3.65. The zero-order valence-corrected chi connectivity index (χ0v) is 9.34. The largest absolute Gasteiger partial charge is 0.496 e. The molecule has 0 saturated heterocycles. The summed E-state index contributed by atoms with van der Waals surface area (Å²) in [6.07, 6.45) is 1.82. The summed E-state index contributed by atoms with van der Waals surface area (Å²) in [5.74, 6) is 7.11. The van der Waals surface area contributed by atoms with Gasteiger partial charge in [-0.3, -0.25) is 0 Å². The number of aryl methyl sites for hydroxylation is 1. The molecule has 1 aromatic carbocycles. The maximum Gasteiger partial charge on any atom is 0.121 e. The van der Waals surface area contributed by atoms with Crippen LogP contribution in [0.5, 0.6) is 5.75 Å². The molecule has 2 heteroatoms. The highest BCUT2D eigenvalue weighted by molar-refractivity contribution is 5.43. The van der Waals surface area contributed by atoms with Crippen LogP contribution in [0.3, 0.4) is 0 Å². The minimum Gasteiger partial charge on any atom is -0.496 e. The van der Waals surface area contributed by atoms with E-state index in [0.717, 1.165) is 29.7 Å². The maximum atomic E-state index is 5.39. The Balaban J connectivity index is 2.69. The van der Waals surface area contributed by atoms with E-state index in [1.54, 1.807) is 7.11 Å². The smallest absolute Gasteiger partial charge is 0.121 e. The van der Waals surface area contributed by atoms with Crippen molar-refractivity contribution in [3.63, 3.8) is 0 Å². The van der Waals surface area contributed by atoms with E-state index in [1.807, 2.05) is 25.1 Å². The molecule has 0 atom stereocenters. The van der Waals surface area contributed by atoms with E-state index in [-0.39, 0.29) is 0 Å². The van der Waals surface area contributed by atoms with Crippen LogP contribution in [-0.4, -0.2) is 13.7 Å².